The fraction of sp³-hybridized carbons (Fsp3) is 0.292. The van der Waals surface area contributed by atoms with Crippen LogP contribution in [0.2, 0.25) is 0 Å². The van der Waals surface area contributed by atoms with Gasteiger partial charge >= 0.3 is 0 Å². The number of benzene rings is 2. The van der Waals surface area contributed by atoms with E-state index in [0.717, 1.165) is 36.3 Å². The van der Waals surface area contributed by atoms with Gasteiger partial charge in [0, 0.05) is 56.3 Å². The first-order chi connectivity index (χ1) is 34.0. The molecule has 2 aromatic carbocycles. The summed E-state index contributed by atoms with van der Waals surface area (Å²) in [4.78, 5) is 91.8. The van der Waals surface area contributed by atoms with E-state index in [1.807, 2.05) is 6.07 Å². The van der Waals surface area contributed by atoms with Gasteiger partial charge in [0.05, 0.1) is 30.3 Å². The van der Waals surface area contributed by atoms with Gasteiger partial charge in [-0.25, -0.2) is 29.0 Å². The van der Waals surface area contributed by atoms with E-state index in [1.165, 1.54) is 46.6 Å². The van der Waals surface area contributed by atoms with Crippen LogP contribution in [0.3, 0.4) is 0 Å². The van der Waals surface area contributed by atoms with Gasteiger partial charge in [-0.2, -0.15) is 10.2 Å². The number of ether oxygens (including phenoxy) is 2. The number of nitrogens with one attached hydrogen (secondary N) is 6. The lowest BCUT2D eigenvalue weighted by Crippen LogP contribution is -2.43. The molecule has 0 atom stereocenters. The number of hydrogen-bond acceptors (Lipinski definition) is 14. The molecule has 7 heterocycles. The van der Waals surface area contributed by atoms with Crippen LogP contribution in [-0.2, 0) is 29.2 Å². The predicted molar refractivity (Wildman–Crippen MR) is 249 cm³/mol. The molecule has 22 nitrogen and oxygen atoms in total. The second kappa shape index (κ2) is 19.4. The average Bonchev–Trinajstić information content (AvgIpc) is 4.09. The highest BCUT2D eigenvalue weighted by Gasteiger charge is 2.40. The largest absolute Gasteiger partial charge is 0.482 e. The average molecular weight is 947 g/mol. The van der Waals surface area contributed by atoms with Crippen LogP contribution in [0.4, 0.5) is 11.4 Å². The van der Waals surface area contributed by atoms with Crippen LogP contribution in [0.15, 0.2) is 91.5 Å². The molecular weight excluding hydrogens is 901 g/mol. The molecule has 7 aromatic rings. The Labute approximate surface area is 398 Å². The number of hydrogen-bond donors (Lipinski definition) is 6. The second-order valence-electron chi connectivity index (χ2n) is 17.5. The van der Waals surface area contributed by atoms with Gasteiger partial charge in [-0.3, -0.25) is 28.8 Å². The van der Waals surface area contributed by atoms with E-state index in [4.69, 9.17) is 9.47 Å². The van der Waals surface area contributed by atoms with Crippen LogP contribution in [-0.4, -0.2) is 94.4 Å². The highest BCUT2D eigenvalue weighted by Crippen LogP contribution is 2.49. The van der Waals surface area contributed by atoms with Crippen LogP contribution in [0.5, 0.6) is 11.5 Å². The number of anilines is 2. The Bertz CT molecular complexity index is 3170. The monoisotopic (exact) mass is 946 g/mol. The molecular formula is C48H46N14O8. The lowest BCUT2D eigenvalue weighted by Gasteiger charge is -2.46. The lowest BCUT2D eigenvalue weighted by atomic mass is 9.61. The summed E-state index contributed by atoms with van der Waals surface area (Å²) in [7, 11) is 0. The Kier molecular flexibility index (Phi) is 12.5. The number of fused-ring (bicyclic) bond motifs is 7. The molecule has 356 valence electrons. The predicted octanol–water partition coefficient (Wildman–Crippen LogP) is 3.40. The molecule has 6 N–H and O–H groups in total. The van der Waals surface area contributed by atoms with Crippen LogP contribution in [0.25, 0.3) is 11.3 Å². The van der Waals surface area contributed by atoms with Gasteiger partial charge in [0.15, 0.2) is 24.5 Å². The molecule has 3 saturated carbocycles. The van der Waals surface area contributed by atoms with E-state index in [0.29, 0.717) is 46.5 Å². The minimum absolute atomic E-state index is 0.0107. The number of nitrogens with zero attached hydrogens (tertiary/aromatic N) is 8. The molecule has 3 aliphatic carbocycles. The van der Waals surface area contributed by atoms with Gasteiger partial charge in [-0.05, 0) is 91.3 Å². The minimum Gasteiger partial charge on any atom is -0.482 e. The molecule has 0 spiro atoms. The molecule has 0 unspecified atom stereocenters. The summed E-state index contributed by atoms with van der Waals surface area (Å²) in [5, 5.41) is 25.3. The Morgan fingerprint density at radius 3 is 1.60 bits per heavy atom. The third kappa shape index (κ3) is 9.91. The van der Waals surface area contributed by atoms with E-state index in [1.54, 1.807) is 67.1 Å². The summed E-state index contributed by atoms with van der Waals surface area (Å²) < 4.78 is 13.5. The first-order valence-electron chi connectivity index (χ1n) is 22.7. The number of rotatable bonds is 12. The van der Waals surface area contributed by atoms with Crippen LogP contribution in [0, 0.1) is 11.3 Å². The number of carbonyl (C=O) groups excluding carboxylic acids is 6. The summed E-state index contributed by atoms with van der Waals surface area (Å²) in [5.41, 5.74) is 4.25. The van der Waals surface area contributed by atoms with Gasteiger partial charge in [0.1, 0.15) is 40.1 Å². The number of amides is 6. The molecule has 22 heteroatoms. The zero-order valence-electron chi connectivity index (χ0n) is 37.6. The topological polar surface area (TPSA) is 279 Å². The van der Waals surface area contributed by atoms with Crippen molar-refractivity contribution in [2.24, 2.45) is 11.3 Å². The van der Waals surface area contributed by atoms with Crippen LogP contribution >= 0.6 is 0 Å². The normalized spacial score (nSPS) is 17.6. The molecule has 0 radical (unpaired) electrons. The first kappa shape index (κ1) is 45.0. The minimum atomic E-state index is -0.470. The van der Waals surface area contributed by atoms with E-state index in [-0.39, 0.29) is 78.8 Å². The molecule has 0 saturated heterocycles. The highest BCUT2D eigenvalue weighted by molar-refractivity contribution is 6.00. The highest BCUT2D eigenvalue weighted by atomic mass is 16.5. The maximum atomic E-state index is 13.2. The van der Waals surface area contributed by atoms with E-state index in [9.17, 15) is 28.8 Å². The maximum absolute atomic E-state index is 13.2. The van der Waals surface area contributed by atoms with Crippen molar-refractivity contribution >= 4 is 58.1 Å². The van der Waals surface area contributed by atoms with Crippen molar-refractivity contribution in [1.29, 1.82) is 0 Å². The summed E-state index contributed by atoms with van der Waals surface area (Å²) in [6.07, 6.45) is 13.5. The Morgan fingerprint density at radius 1 is 0.600 bits per heavy atom. The second-order valence-corrected chi connectivity index (χ2v) is 17.5. The van der Waals surface area contributed by atoms with Crippen molar-refractivity contribution in [3.05, 3.63) is 131 Å². The van der Waals surface area contributed by atoms with Crippen LogP contribution < -0.4 is 41.4 Å². The molecule has 2 aliphatic heterocycles. The quantitative estimate of drug-likeness (QED) is 0.102. The fourth-order valence-corrected chi connectivity index (χ4v) is 9.04. The Hall–Kier alpha value is -8.82. The Morgan fingerprint density at radius 2 is 1.09 bits per heavy atom. The maximum Gasteiger partial charge on any atom is 0.270 e. The van der Waals surface area contributed by atoms with E-state index >= 15 is 0 Å². The summed E-state index contributed by atoms with van der Waals surface area (Å²) in [6.45, 7) is 1.12. The van der Waals surface area contributed by atoms with Gasteiger partial charge < -0.3 is 41.4 Å². The van der Waals surface area contributed by atoms with Crippen molar-refractivity contribution < 1.29 is 38.2 Å². The summed E-state index contributed by atoms with van der Waals surface area (Å²) in [5.74, 6) is 0.424. The smallest absolute Gasteiger partial charge is 0.270 e. The fourth-order valence-electron chi connectivity index (χ4n) is 9.04. The van der Waals surface area contributed by atoms with Crippen molar-refractivity contribution in [3.63, 3.8) is 0 Å². The summed E-state index contributed by atoms with van der Waals surface area (Å²) in [6, 6.07) is 18.4. The SMILES string of the molecule is O=C1COc2ccc(CNC(=O)c3cc(C(=O)NCC45CCC(CC4)CC5)n4nccc4n3)cc2N1.O=C1COc2ccc(CNC(=O)c3cc(C(=O)NCc4ncccn4)n4nccc4n3)cc2N1. The van der Waals surface area contributed by atoms with Crippen molar-refractivity contribution in [3.8, 4) is 11.5 Å². The number of aromatic nitrogens is 8. The molecule has 5 aromatic heterocycles. The third-order valence-electron chi connectivity index (χ3n) is 12.8. The van der Waals surface area contributed by atoms with E-state index < -0.39 is 17.7 Å². The van der Waals surface area contributed by atoms with Gasteiger partial charge in [0.25, 0.3) is 35.4 Å². The zero-order chi connectivity index (χ0) is 48.2. The molecule has 70 heavy (non-hydrogen) atoms. The lowest BCUT2D eigenvalue weighted by molar-refractivity contribution is -0.119. The van der Waals surface area contributed by atoms with Gasteiger partial charge in [-0.1, -0.05) is 12.1 Å². The standard InChI is InChI=1S/C26H28N6O4.C22H18N8O4/c33-23-14-36-21-2-1-17(11-18(21)31-23)13-27-24(34)19-12-20(32-22(30-19)6-10-29-32)25(35)28-15-26-7-3-16(4-8-26)5-9-26;31-20-12-34-17-3-2-13(8-14(17)29-20)10-25-21(32)15-9-16(30-19(28-15)4-7-27-30)22(33)26-11-18-23-5-1-6-24-18/h1-2,6,10-12,16H,3-5,7-9,13-15H2,(H,27,34)(H,28,35)(H,31,33);1-9H,10-12H2,(H,25,32)(H,26,33)(H,29,31). The van der Waals surface area contributed by atoms with Crippen molar-refractivity contribution in [1.82, 2.24) is 60.4 Å². The van der Waals surface area contributed by atoms with Gasteiger partial charge in [-0.15, -0.1) is 0 Å². The molecule has 3 fully saturated rings. The van der Waals surface area contributed by atoms with E-state index in [2.05, 4.69) is 62.0 Å². The molecule has 6 amide bonds. The van der Waals surface area contributed by atoms with Gasteiger partial charge in [0.2, 0.25) is 0 Å². The first-order valence-corrected chi connectivity index (χ1v) is 22.7. The van der Waals surface area contributed by atoms with Crippen LogP contribution in [0.1, 0.15) is 97.4 Å². The third-order valence-corrected chi connectivity index (χ3v) is 12.8. The summed E-state index contributed by atoms with van der Waals surface area (Å²) >= 11 is 0. The Balaban J connectivity index is 0.000000162. The zero-order valence-corrected chi connectivity index (χ0v) is 37.6. The van der Waals surface area contributed by atoms with Crippen molar-refractivity contribution in [2.45, 2.75) is 58.2 Å². The molecule has 12 rings (SSSR count). The molecule has 2 bridgehead atoms. The number of carbonyl (C=O) groups is 6. The van der Waals surface area contributed by atoms with Crippen molar-refractivity contribution in [2.75, 3.05) is 30.4 Å². The molecule has 5 aliphatic rings.